The van der Waals surface area contributed by atoms with Gasteiger partial charge in [-0.15, -0.1) is 0 Å². The Balaban J connectivity index is 2.16. The first-order chi connectivity index (χ1) is 8.10. The van der Waals surface area contributed by atoms with Crippen LogP contribution in [0.15, 0.2) is 18.2 Å². The van der Waals surface area contributed by atoms with E-state index in [1.807, 2.05) is 0 Å². The predicted molar refractivity (Wildman–Crippen MR) is 62.8 cm³/mol. The number of aliphatic hydroxyl groups excluding tert-OH is 1. The standard InChI is InChI=1S/C12H14N2O3/c1-7(6-15)13-12(17)8-2-3-10-9(4-8)5-11(16)14-10/h2-4,7,15H,5-6H2,1H3,(H,13,17)(H,14,16)/t7-/m0/s1. The van der Waals surface area contributed by atoms with Crippen molar-refractivity contribution >= 4 is 17.5 Å². The van der Waals surface area contributed by atoms with E-state index < -0.39 is 0 Å². The Kier molecular flexibility index (Phi) is 3.10. The van der Waals surface area contributed by atoms with Crippen molar-refractivity contribution in [1.29, 1.82) is 0 Å². The van der Waals surface area contributed by atoms with Gasteiger partial charge in [-0.2, -0.15) is 0 Å². The second kappa shape index (κ2) is 4.55. The van der Waals surface area contributed by atoms with Gasteiger partial charge in [-0.05, 0) is 30.7 Å². The van der Waals surface area contributed by atoms with Crippen LogP contribution >= 0.6 is 0 Å². The highest BCUT2D eigenvalue weighted by atomic mass is 16.3. The van der Waals surface area contributed by atoms with Crippen molar-refractivity contribution in [3.8, 4) is 0 Å². The predicted octanol–water partition coefficient (Wildman–Crippen LogP) is 0.292. The first kappa shape index (κ1) is 11.6. The van der Waals surface area contributed by atoms with Gasteiger partial charge < -0.3 is 15.7 Å². The molecule has 5 nitrogen and oxygen atoms in total. The molecular weight excluding hydrogens is 220 g/mol. The second-order valence-electron chi connectivity index (χ2n) is 4.15. The van der Waals surface area contributed by atoms with Crippen LogP contribution in [-0.2, 0) is 11.2 Å². The van der Waals surface area contributed by atoms with E-state index in [-0.39, 0.29) is 24.5 Å². The largest absolute Gasteiger partial charge is 0.394 e. The molecule has 90 valence electrons. The molecule has 0 spiro atoms. The van der Waals surface area contributed by atoms with Crippen molar-refractivity contribution in [3.05, 3.63) is 29.3 Å². The number of fused-ring (bicyclic) bond motifs is 1. The third-order valence-electron chi connectivity index (χ3n) is 2.64. The summed E-state index contributed by atoms with van der Waals surface area (Å²) in [4.78, 5) is 22.9. The second-order valence-corrected chi connectivity index (χ2v) is 4.15. The van der Waals surface area contributed by atoms with Crippen LogP contribution in [0.5, 0.6) is 0 Å². The highest BCUT2D eigenvalue weighted by Gasteiger charge is 2.19. The lowest BCUT2D eigenvalue weighted by Crippen LogP contribution is -2.34. The lowest BCUT2D eigenvalue weighted by molar-refractivity contribution is -0.115. The molecule has 1 aromatic carbocycles. The number of benzene rings is 1. The summed E-state index contributed by atoms with van der Waals surface area (Å²) in [7, 11) is 0. The van der Waals surface area contributed by atoms with E-state index in [9.17, 15) is 9.59 Å². The zero-order chi connectivity index (χ0) is 12.4. The number of carbonyl (C=O) groups is 2. The summed E-state index contributed by atoms with van der Waals surface area (Å²) >= 11 is 0. The number of rotatable bonds is 3. The highest BCUT2D eigenvalue weighted by molar-refractivity contribution is 6.01. The van der Waals surface area contributed by atoms with Gasteiger partial charge in [0, 0.05) is 17.3 Å². The quantitative estimate of drug-likeness (QED) is 0.703. The van der Waals surface area contributed by atoms with E-state index in [0.29, 0.717) is 12.0 Å². The zero-order valence-electron chi connectivity index (χ0n) is 9.49. The number of anilines is 1. The summed E-state index contributed by atoms with van der Waals surface area (Å²) in [5.74, 6) is -0.296. The van der Waals surface area contributed by atoms with Crippen molar-refractivity contribution in [1.82, 2.24) is 5.32 Å². The van der Waals surface area contributed by atoms with Gasteiger partial charge in [-0.25, -0.2) is 0 Å². The van der Waals surface area contributed by atoms with Crippen LogP contribution in [0.4, 0.5) is 5.69 Å². The van der Waals surface area contributed by atoms with E-state index >= 15 is 0 Å². The average Bonchev–Trinajstić information content (AvgIpc) is 2.67. The SMILES string of the molecule is C[C@@H](CO)NC(=O)c1ccc2c(c1)CC(=O)N2. The molecular formula is C12H14N2O3. The Hall–Kier alpha value is -1.88. The third kappa shape index (κ3) is 2.45. The van der Waals surface area contributed by atoms with Crippen LogP contribution in [0, 0.1) is 0 Å². The molecule has 0 aliphatic carbocycles. The van der Waals surface area contributed by atoms with E-state index in [2.05, 4.69) is 10.6 Å². The van der Waals surface area contributed by atoms with E-state index in [0.717, 1.165) is 11.3 Å². The maximum atomic E-state index is 11.8. The van der Waals surface area contributed by atoms with Gasteiger partial charge in [-0.1, -0.05) is 0 Å². The molecule has 0 bridgehead atoms. The molecule has 0 aromatic heterocycles. The molecule has 1 heterocycles. The molecule has 0 saturated carbocycles. The Morgan fingerprint density at radius 2 is 2.35 bits per heavy atom. The molecule has 0 saturated heterocycles. The summed E-state index contributed by atoms with van der Waals surface area (Å²) in [6.07, 6.45) is 0.312. The Morgan fingerprint density at radius 3 is 3.06 bits per heavy atom. The van der Waals surface area contributed by atoms with Crippen LogP contribution < -0.4 is 10.6 Å². The van der Waals surface area contributed by atoms with Crippen molar-refractivity contribution in [3.63, 3.8) is 0 Å². The molecule has 1 atom stereocenters. The maximum absolute atomic E-state index is 11.8. The van der Waals surface area contributed by atoms with Crippen LogP contribution in [0.1, 0.15) is 22.8 Å². The molecule has 5 heteroatoms. The molecule has 1 aliphatic heterocycles. The molecule has 0 radical (unpaired) electrons. The number of amides is 2. The number of hydrogen-bond acceptors (Lipinski definition) is 3. The van der Waals surface area contributed by atoms with E-state index in [4.69, 9.17) is 5.11 Å². The van der Waals surface area contributed by atoms with E-state index in [1.165, 1.54) is 0 Å². The number of nitrogens with one attached hydrogen (secondary N) is 2. The minimum Gasteiger partial charge on any atom is -0.394 e. The van der Waals surface area contributed by atoms with Crippen LogP contribution in [0.25, 0.3) is 0 Å². The summed E-state index contributed by atoms with van der Waals surface area (Å²) in [6.45, 7) is 1.62. The van der Waals surface area contributed by atoms with Gasteiger partial charge in [0.1, 0.15) is 0 Å². The van der Waals surface area contributed by atoms with Crippen molar-refractivity contribution in [2.75, 3.05) is 11.9 Å². The van der Waals surface area contributed by atoms with Crippen LogP contribution in [0.2, 0.25) is 0 Å². The van der Waals surface area contributed by atoms with Crippen LogP contribution in [-0.4, -0.2) is 29.6 Å². The smallest absolute Gasteiger partial charge is 0.251 e. The summed E-state index contributed by atoms with van der Waals surface area (Å²) < 4.78 is 0. The Labute approximate surface area is 98.8 Å². The number of aliphatic hydroxyl groups is 1. The minimum absolute atomic E-state index is 0.0544. The van der Waals surface area contributed by atoms with Gasteiger partial charge >= 0.3 is 0 Å². The van der Waals surface area contributed by atoms with Gasteiger partial charge in [0.2, 0.25) is 5.91 Å². The average molecular weight is 234 g/mol. The normalized spacial score (nSPS) is 15.1. The maximum Gasteiger partial charge on any atom is 0.251 e. The van der Waals surface area contributed by atoms with Gasteiger partial charge in [-0.3, -0.25) is 9.59 Å². The monoisotopic (exact) mass is 234 g/mol. The summed E-state index contributed by atoms with van der Waals surface area (Å²) in [6, 6.07) is 4.80. The highest BCUT2D eigenvalue weighted by Crippen LogP contribution is 2.23. The molecule has 2 rings (SSSR count). The Bertz CT molecular complexity index is 471. The lowest BCUT2D eigenvalue weighted by Gasteiger charge is -2.11. The topological polar surface area (TPSA) is 78.4 Å². The fourth-order valence-corrected chi connectivity index (χ4v) is 1.72. The first-order valence-corrected chi connectivity index (χ1v) is 5.44. The molecule has 1 aromatic rings. The Morgan fingerprint density at radius 1 is 1.59 bits per heavy atom. The van der Waals surface area contributed by atoms with Gasteiger partial charge in [0.05, 0.1) is 13.0 Å². The zero-order valence-corrected chi connectivity index (χ0v) is 9.49. The summed E-state index contributed by atoms with van der Waals surface area (Å²) in [5.41, 5.74) is 2.10. The lowest BCUT2D eigenvalue weighted by atomic mass is 10.1. The van der Waals surface area contributed by atoms with Crippen molar-refractivity contribution in [2.24, 2.45) is 0 Å². The minimum atomic E-state index is -0.282. The molecule has 3 N–H and O–H groups in total. The number of carbonyl (C=O) groups excluding carboxylic acids is 2. The van der Waals surface area contributed by atoms with Crippen LogP contribution in [0.3, 0.4) is 0 Å². The summed E-state index contributed by atoms with van der Waals surface area (Å²) in [5, 5.41) is 14.2. The third-order valence-corrected chi connectivity index (χ3v) is 2.64. The number of hydrogen-bond donors (Lipinski definition) is 3. The molecule has 1 aliphatic rings. The van der Waals surface area contributed by atoms with Gasteiger partial charge in [0.15, 0.2) is 0 Å². The molecule has 0 unspecified atom stereocenters. The van der Waals surface area contributed by atoms with Crippen molar-refractivity contribution in [2.45, 2.75) is 19.4 Å². The van der Waals surface area contributed by atoms with Crippen molar-refractivity contribution < 1.29 is 14.7 Å². The van der Waals surface area contributed by atoms with E-state index in [1.54, 1.807) is 25.1 Å². The fourth-order valence-electron chi connectivity index (χ4n) is 1.72. The fraction of sp³-hybridized carbons (Fsp3) is 0.333. The molecule has 17 heavy (non-hydrogen) atoms. The molecule has 0 fully saturated rings. The molecule has 2 amide bonds. The first-order valence-electron chi connectivity index (χ1n) is 5.44. The van der Waals surface area contributed by atoms with Gasteiger partial charge in [0.25, 0.3) is 5.91 Å².